The van der Waals surface area contributed by atoms with E-state index in [4.69, 9.17) is 0 Å². The van der Waals surface area contributed by atoms with Crippen LogP contribution in [0.25, 0.3) is 0 Å². The zero-order chi connectivity index (χ0) is 0. The predicted octanol–water partition coefficient (Wildman–Crippen LogP) is -3.67. The van der Waals surface area contributed by atoms with Crippen molar-refractivity contribution in [1.82, 2.24) is 0 Å². The van der Waals surface area contributed by atoms with Gasteiger partial charge in [0.05, 0.1) is 0 Å². The summed E-state index contributed by atoms with van der Waals surface area (Å²) in [6, 6.07) is 0. The van der Waals surface area contributed by atoms with E-state index in [1.54, 1.807) is 0 Å². The Bertz CT molecular complexity index is 19.7. The van der Waals surface area contributed by atoms with Crippen molar-refractivity contribution in [1.29, 1.82) is 0 Å². The van der Waals surface area contributed by atoms with Crippen molar-refractivity contribution in [3.63, 3.8) is 0 Å². The van der Waals surface area contributed by atoms with E-state index in [1.165, 1.54) is 0 Å². The van der Waals surface area contributed by atoms with Crippen LogP contribution in [0.2, 0.25) is 0 Å². The molecule has 0 aliphatic heterocycles. The zero-order valence-corrected chi connectivity index (χ0v) is 10.6. The van der Waals surface area contributed by atoms with Crippen LogP contribution in [0.15, 0.2) is 0 Å². The summed E-state index contributed by atoms with van der Waals surface area (Å²) in [7, 11) is 0. The molecule has 43 valence electrons. The molecule has 3 radical (unpaired) electrons. The van der Waals surface area contributed by atoms with Crippen LogP contribution in [0.3, 0.4) is 0 Å². The summed E-state index contributed by atoms with van der Waals surface area (Å²) in [5.41, 5.74) is 0. The van der Waals surface area contributed by atoms with Gasteiger partial charge in [-0.2, -0.15) is 0 Å². The van der Waals surface area contributed by atoms with Crippen molar-refractivity contribution >= 4 is 119 Å². The molecule has 0 N–H and O–H groups in total. The van der Waals surface area contributed by atoms with Gasteiger partial charge in [-0.25, -0.2) is 0 Å². The largest absolute Gasteiger partial charge is 0.0149 e. The van der Waals surface area contributed by atoms with Crippen molar-refractivity contribution in [3.05, 3.63) is 0 Å². The molecule has 0 saturated heterocycles. The van der Waals surface area contributed by atoms with Gasteiger partial charge in [0.2, 0.25) is 0 Å². The molecule has 0 nitrogen and oxygen atoms in total. The van der Waals surface area contributed by atoms with E-state index in [0.29, 0.717) is 0 Å². The Labute approximate surface area is 166 Å². The minimum atomic E-state index is 0. The summed E-state index contributed by atoms with van der Waals surface area (Å²) in [5.74, 6) is 0. The molecule has 0 rings (SSSR count). The molecule has 0 heterocycles. The molecule has 0 atom stereocenters. The van der Waals surface area contributed by atoms with Crippen LogP contribution >= 0.6 is 0 Å². The maximum Gasteiger partial charge on any atom is -0.0149 e. The third kappa shape index (κ3) is 34.7. The van der Waals surface area contributed by atoms with Crippen LogP contribution in [0.1, 0.15) is 0 Å². The van der Waals surface area contributed by atoms with Gasteiger partial charge in [0.25, 0.3) is 0 Å². The quantitative estimate of drug-likeness (QED) is 0.316. The summed E-state index contributed by atoms with van der Waals surface area (Å²) >= 11 is 0. The fourth-order valence-electron chi connectivity index (χ4n) is 0. The first-order valence-corrected chi connectivity index (χ1v) is 0. The van der Waals surface area contributed by atoms with E-state index >= 15 is 0 Å². The average molecular weight is 477 g/mol. The Morgan fingerprint density at radius 3 is 1.00 bits per heavy atom. The maximum absolute atomic E-state index is 0. The summed E-state index contributed by atoms with van der Waals surface area (Å²) < 4.78 is 0. The molecule has 0 unspecified atom stereocenters. The minimum absolute atomic E-state index is 0. The van der Waals surface area contributed by atoms with Crippen LogP contribution in [0, 0.1) is 0 Å². The number of rotatable bonds is 0. The van der Waals surface area contributed by atoms with Gasteiger partial charge in [0.1, 0.15) is 0 Å². The molecule has 0 aromatic carbocycles. The first kappa shape index (κ1) is 55.6. The molecule has 0 amide bonds. The SMILES string of the molecule is [Cr].[Cu].[Fe].[KH].[NaH].[PbH2].[SiH4]. The van der Waals surface area contributed by atoms with Gasteiger partial charge >= 0.3 is 108 Å². The van der Waals surface area contributed by atoms with Gasteiger partial charge in [0, 0.05) is 51.5 Å². The second kappa shape index (κ2) is 42.5. The molecule has 0 aliphatic carbocycles. The molecule has 7 heavy (non-hydrogen) atoms. The summed E-state index contributed by atoms with van der Waals surface area (Å²) in [6.07, 6.45) is 0. The van der Waals surface area contributed by atoms with Crippen LogP contribution in [-0.2, 0) is 51.5 Å². The van der Waals surface area contributed by atoms with E-state index in [-0.39, 0.29) is 171 Å². The van der Waals surface area contributed by atoms with Crippen molar-refractivity contribution in [2.75, 3.05) is 0 Å². The average Bonchev–Trinajstić information content (AvgIpc) is 0. The van der Waals surface area contributed by atoms with Crippen LogP contribution in [0.4, 0.5) is 0 Å². The van der Waals surface area contributed by atoms with Gasteiger partial charge in [0.15, 0.2) is 0 Å². The van der Waals surface area contributed by atoms with E-state index in [9.17, 15) is 0 Å². The Morgan fingerprint density at radius 2 is 1.00 bits per heavy atom. The molecular formula is H8CrCuFeKNaPbSi. The molecule has 0 aromatic heterocycles. The van der Waals surface area contributed by atoms with Gasteiger partial charge in [-0.3, -0.25) is 0 Å². The summed E-state index contributed by atoms with van der Waals surface area (Å²) in [4.78, 5) is 0. The van der Waals surface area contributed by atoms with Gasteiger partial charge in [-0.05, 0) is 11.0 Å². The third-order valence-corrected chi connectivity index (χ3v) is 0. The normalized spacial score (nSPS) is 0. The Balaban J connectivity index is 0. The monoisotopic (exact) mass is 477 g/mol. The topological polar surface area (TPSA) is 0 Å². The van der Waals surface area contributed by atoms with Crippen molar-refractivity contribution < 1.29 is 51.5 Å². The Kier molecular flexibility index (Phi) is 338. The maximum atomic E-state index is 0. The van der Waals surface area contributed by atoms with E-state index in [1.807, 2.05) is 0 Å². The second-order valence-corrected chi connectivity index (χ2v) is 0. The van der Waals surface area contributed by atoms with Gasteiger partial charge in [-0.15, -0.1) is 0 Å². The van der Waals surface area contributed by atoms with E-state index in [2.05, 4.69) is 0 Å². The Morgan fingerprint density at radius 1 is 1.00 bits per heavy atom. The van der Waals surface area contributed by atoms with Crippen LogP contribution < -0.4 is 0 Å². The number of hydrogen-bond acceptors (Lipinski definition) is 0. The fraction of sp³-hybridized carbons (Fsp3) is 0. The van der Waals surface area contributed by atoms with Gasteiger partial charge in [-0.1, -0.05) is 0 Å². The second-order valence-electron chi connectivity index (χ2n) is 0. The van der Waals surface area contributed by atoms with Crippen molar-refractivity contribution in [2.24, 2.45) is 0 Å². The molecule has 0 aromatic rings. The van der Waals surface area contributed by atoms with E-state index in [0.717, 1.165) is 0 Å². The minimum Gasteiger partial charge on any atom is -0.0149 e. The molecular weight excluding hydrogens is 469 g/mol. The zero-order valence-electron chi connectivity index (χ0n) is 1.77. The molecule has 0 saturated carbocycles. The Hall–Kier alpha value is 5.35. The first-order chi connectivity index (χ1) is 0. The third-order valence-electron chi connectivity index (χ3n) is 0. The predicted molar refractivity (Wildman–Crippen MR) is 34.2 cm³/mol. The summed E-state index contributed by atoms with van der Waals surface area (Å²) in [5, 5.41) is 0. The first-order valence-electron chi connectivity index (χ1n) is 0. The standard InChI is InChI=1S/Cr.Cu.Fe.K.Na.Pb.H4Si.4H/h;;;;;;1H4;;;;. The molecule has 0 bridgehead atoms. The fourth-order valence-corrected chi connectivity index (χ4v) is 0. The van der Waals surface area contributed by atoms with Crippen molar-refractivity contribution in [3.8, 4) is 0 Å². The number of hydrogen-bond donors (Lipinski definition) is 0. The molecule has 0 fully saturated rings. The van der Waals surface area contributed by atoms with Crippen LogP contribution in [-0.4, -0.2) is 119 Å². The summed E-state index contributed by atoms with van der Waals surface area (Å²) in [6.45, 7) is 0. The van der Waals surface area contributed by atoms with Crippen LogP contribution in [0.5, 0.6) is 0 Å². The molecule has 0 aliphatic rings. The van der Waals surface area contributed by atoms with E-state index < -0.39 is 0 Å². The molecule has 0 spiro atoms. The smallest absolute Gasteiger partial charge is 0.0149 e. The molecule has 7 heteroatoms. The van der Waals surface area contributed by atoms with Gasteiger partial charge < -0.3 is 0 Å². The van der Waals surface area contributed by atoms with Crippen molar-refractivity contribution in [2.45, 2.75) is 0 Å².